The van der Waals surface area contributed by atoms with E-state index in [1.807, 2.05) is 18.2 Å². The van der Waals surface area contributed by atoms with Gasteiger partial charge in [0.1, 0.15) is 5.75 Å². The van der Waals surface area contributed by atoms with Crippen LogP contribution in [0.25, 0.3) is 22.3 Å². The molecule has 115 valence electrons. The molecule has 0 aliphatic carbocycles. The van der Waals surface area contributed by atoms with Crippen molar-refractivity contribution in [1.82, 2.24) is 0 Å². The summed E-state index contributed by atoms with van der Waals surface area (Å²) in [6.45, 7) is 6.98. The smallest absolute Gasteiger partial charge is 0.130 e. The summed E-state index contributed by atoms with van der Waals surface area (Å²) in [5.74, 6) is 0.888. The molecule has 0 fully saturated rings. The molecule has 23 heavy (non-hydrogen) atoms. The minimum absolute atomic E-state index is 0.695. The quantitative estimate of drug-likeness (QED) is 0.562. The predicted molar refractivity (Wildman–Crippen MR) is 97.6 cm³/mol. The number of rotatable bonds is 5. The van der Waals surface area contributed by atoms with E-state index in [0.29, 0.717) is 6.61 Å². The maximum absolute atomic E-state index is 6.07. The lowest BCUT2D eigenvalue weighted by atomic mass is 9.92. The molecule has 0 saturated heterocycles. The van der Waals surface area contributed by atoms with Gasteiger partial charge in [-0.05, 0) is 35.6 Å². The molecule has 0 atom stereocenters. The van der Waals surface area contributed by atoms with E-state index in [0.717, 1.165) is 28.9 Å². The van der Waals surface area contributed by atoms with E-state index in [-0.39, 0.29) is 0 Å². The molecule has 1 radical (unpaired) electrons. The zero-order valence-corrected chi connectivity index (χ0v) is 13.5. The molecular weight excluding hydrogens is 280 g/mol. The number of ether oxygens (including phenoxy) is 1. The fourth-order valence-electron chi connectivity index (χ4n) is 2.74. The second-order valence-electron chi connectivity index (χ2n) is 5.56. The summed E-state index contributed by atoms with van der Waals surface area (Å²) in [4.78, 5) is 0. The first kappa shape index (κ1) is 15.4. The van der Waals surface area contributed by atoms with E-state index < -0.39 is 0 Å². The van der Waals surface area contributed by atoms with Gasteiger partial charge in [-0.15, -0.1) is 0 Å². The maximum Gasteiger partial charge on any atom is 0.130 e. The number of hydrogen-bond donors (Lipinski definition) is 0. The van der Waals surface area contributed by atoms with Gasteiger partial charge >= 0.3 is 0 Å². The molecule has 0 amide bonds. The third kappa shape index (κ3) is 3.29. The first-order chi connectivity index (χ1) is 11.3. The van der Waals surface area contributed by atoms with Crippen LogP contribution < -0.4 is 4.74 Å². The van der Waals surface area contributed by atoms with Gasteiger partial charge in [0.2, 0.25) is 0 Å². The summed E-state index contributed by atoms with van der Waals surface area (Å²) in [6, 6.07) is 25.0. The van der Waals surface area contributed by atoms with Gasteiger partial charge in [0.05, 0.1) is 6.61 Å². The van der Waals surface area contributed by atoms with Crippen LogP contribution in [0.3, 0.4) is 0 Å². The fraction of sp³-hybridized carbons (Fsp3) is 0.136. The zero-order chi connectivity index (χ0) is 16.1. The average Bonchev–Trinajstić information content (AvgIpc) is 2.62. The van der Waals surface area contributed by atoms with Crippen LogP contribution >= 0.6 is 0 Å². The Morgan fingerprint density at radius 3 is 2.00 bits per heavy atom. The monoisotopic (exact) mass is 301 g/mol. The van der Waals surface area contributed by atoms with Crippen LogP contribution in [-0.2, 0) is 0 Å². The van der Waals surface area contributed by atoms with E-state index in [9.17, 15) is 0 Å². The number of hydrogen-bond acceptors (Lipinski definition) is 1. The molecule has 0 bridgehead atoms. The Kier molecular flexibility index (Phi) is 4.77. The minimum atomic E-state index is 0.695. The van der Waals surface area contributed by atoms with Gasteiger partial charge in [-0.2, -0.15) is 0 Å². The fourth-order valence-corrected chi connectivity index (χ4v) is 2.74. The summed E-state index contributed by atoms with van der Waals surface area (Å²) in [5.41, 5.74) is 5.57. The Hall–Kier alpha value is -2.54. The Labute approximate surface area is 138 Å². The average molecular weight is 301 g/mol. The van der Waals surface area contributed by atoms with Crippen LogP contribution in [0.15, 0.2) is 72.8 Å². The van der Waals surface area contributed by atoms with Gasteiger partial charge in [0.15, 0.2) is 0 Å². The van der Waals surface area contributed by atoms with Crippen molar-refractivity contribution in [3.05, 3.63) is 85.3 Å². The largest absolute Gasteiger partial charge is 0.493 e. The van der Waals surface area contributed by atoms with Gasteiger partial charge in [-0.3, -0.25) is 0 Å². The highest BCUT2D eigenvalue weighted by Crippen LogP contribution is 2.41. The van der Waals surface area contributed by atoms with Crippen LogP contribution in [0, 0.1) is 6.92 Å². The first-order valence-corrected chi connectivity index (χ1v) is 8.04. The summed E-state index contributed by atoms with van der Waals surface area (Å²) in [6.07, 6.45) is 0.975. The molecule has 0 aliphatic heterocycles. The van der Waals surface area contributed by atoms with Crippen molar-refractivity contribution < 1.29 is 4.74 Å². The highest BCUT2D eigenvalue weighted by molar-refractivity contribution is 5.88. The van der Waals surface area contributed by atoms with Crippen LogP contribution in [0.1, 0.15) is 18.9 Å². The summed E-state index contributed by atoms with van der Waals surface area (Å²) < 4.78 is 6.07. The lowest BCUT2D eigenvalue weighted by Crippen LogP contribution is -2.00. The molecule has 1 heteroatoms. The molecule has 0 aliphatic rings. The van der Waals surface area contributed by atoms with Gasteiger partial charge in [0, 0.05) is 5.56 Å². The van der Waals surface area contributed by atoms with E-state index in [2.05, 4.69) is 68.4 Å². The summed E-state index contributed by atoms with van der Waals surface area (Å²) in [5, 5.41) is 0. The molecule has 3 rings (SSSR count). The lowest BCUT2D eigenvalue weighted by Gasteiger charge is -2.18. The van der Waals surface area contributed by atoms with Crippen molar-refractivity contribution in [2.45, 2.75) is 13.3 Å². The molecule has 3 aromatic carbocycles. The first-order valence-electron chi connectivity index (χ1n) is 8.04. The molecule has 1 nitrogen and oxygen atoms in total. The zero-order valence-electron chi connectivity index (χ0n) is 13.5. The van der Waals surface area contributed by atoms with Crippen molar-refractivity contribution in [2.24, 2.45) is 0 Å². The SMILES string of the molecule is [CH2]c1ccc(-c2ccccc2)c(-c2ccccc2)c1OCCC. The molecule has 3 aromatic rings. The summed E-state index contributed by atoms with van der Waals surface area (Å²) in [7, 11) is 0. The molecule has 0 saturated carbocycles. The molecular formula is C22H21O. The van der Waals surface area contributed by atoms with Crippen LogP contribution in [-0.4, -0.2) is 6.61 Å². The Bertz CT molecular complexity index is 761. The second kappa shape index (κ2) is 7.15. The van der Waals surface area contributed by atoms with Crippen molar-refractivity contribution in [3.8, 4) is 28.0 Å². The predicted octanol–water partition coefficient (Wildman–Crippen LogP) is 5.99. The maximum atomic E-state index is 6.07. The van der Waals surface area contributed by atoms with Crippen molar-refractivity contribution in [3.63, 3.8) is 0 Å². The normalized spacial score (nSPS) is 10.5. The highest BCUT2D eigenvalue weighted by Gasteiger charge is 2.15. The molecule has 0 aromatic heterocycles. The molecule has 0 heterocycles. The van der Waals surface area contributed by atoms with Gasteiger partial charge in [0.25, 0.3) is 0 Å². The van der Waals surface area contributed by atoms with Gasteiger partial charge in [-0.25, -0.2) is 0 Å². The Morgan fingerprint density at radius 2 is 1.39 bits per heavy atom. The van der Waals surface area contributed by atoms with Crippen molar-refractivity contribution in [2.75, 3.05) is 6.61 Å². The van der Waals surface area contributed by atoms with Crippen LogP contribution in [0.4, 0.5) is 0 Å². The van der Waals surface area contributed by atoms with E-state index >= 15 is 0 Å². The molecule has 0 spiro atoms. The minimum Gasteiger partial charge on any atom is -0.493 e. The molecule has 0 unspecified atom stereocenters. The van der Waals surface area contributed by atoms with Gasteiger partial charge in [-0.1, -0.05) is 79.7 Å². The third-order valence-electron chi connectivity index (χ3n) is 3.84. The summed E-state index contributed by atoms with van der Waals surface area (Å²) >= 11 is 0. The van der Waals surface area contributed by atoms with Crippen molar-refractivity contribution >= 4 is 0 Å². The standard InChI is InChI=1S/C22H21O/c1-3-16-23-22-17(2)14-15-20(18-10-6-4-7-11-18)21(22)19-12-8-5-9-13-19/h4-15H,2-3,16H2,1H3. The second-order valence-corrected chi connectivity index (χ2v) is 5.56. The Morgan fingerprint density at radius 1 is 0.783 bits per heavy atom. The lowest BCUT2D eigenvalue weighted by molar-refractivity contribution is 0.317. The van der Waals surface area contributed by atoms with Crippen LogP contribution in [0.5, 0.6) is 5.75 Å². The van der Waals surface area contributed by atoms with E-state index in [1.165, 1.54) is 11.1 Å². The molecule has 0 N–H and O–H groups in total. The topological polar surface area (TPSA) is 9.23 Å². The van der Waals surface area contributed by atoms with E-state index in [1.54, 1.807) is 0 Å². The highest BCUT2D eigenvalue weighted by atomic mass is 16.5. The van der Waals surface area contributed by atoms with Crippen LogP contribution in [0.2, 0.25) is 0 Å². The Balaban J connectivity index is 2.24. The number of benzene rings is 3. The van der Waals surface area contributed by atoms with E-state index in [4.69, 9.17) is 4.74 Å². The van der Waals surface area contributed by atoms with Crippen molar-refractivity contribution in [1.29, 1.82) is 0 Å². The van der Waals surface area contributed by atoms with Gasteiger partial charge < -0.3 is 4.74 Å². The third-order valence-corrected chi connectivity index (χ3v) is 3.84.